The predicted molar refractivity (Wildman–Crippen MR) is 76.8 cm³/mol. The van der Waals surface area contributed by atoms with Gasteiger partial charge in [-0.1, -0.05) is 4.49 Å². The Balaban J connectivity index is 2.18. The maximum atomic E-state index is 12.1. The van der Waals surface area contributed by atoms with Crippen LogP contribution in [0.5, 0.6) is 11.5 Å². The van der Waals surface area contributed by atoms with E-state index in [4.69, 9.17) is 9.47 Å². The highest BCUT2D eigenvalue weighted by atomic mass is 32.1. The van der Waals surface area contributed by atoms with Gasteiger partial charge in [-0.25, -0.2) is 0 Å². The zero-order valence-electron chi connectivity index (χ0n) is 11.5. The molecule has 0 aliphatic heterocycles. The van der Waals surface area contributed by atoms with E-state index < -0.39 is 0 Å². The molecule has 0 spiro atoms. The zero-order valence-corrected chi connectivity index (χ0v) is 12.3. The van der Waals surface area contributed by atoms with Crippen molar-refractivity contribution in [3.63, 3.8) is 0 Å². The summed E-state index contributed by atoms with van der Waals surface area (Å²) < 4.78 is 14.4. The van der Waals surface area contributed by atoms with Crippen molar-refractivity contribution in [3.8, 4) is 11.5 Å². The number of benzene rings is 1. The van der Waals surface area contributed by atoms with E-state index in [1.54, 1.807) is 32.2 Å². The summed E-state index contributed by atoms with van der Waals surface area (Å²) in [6.07, 6.45) is 0. The molecule has 0 fully saturated rings. The summed E-state index contributed by atoms with van der Waals surface area (Å²) in [5.74, 6) is 0.983. The molecule has 7 heteroatoms. The van der Waals surface area contributed by atoms with Gasteiger partial charge in [0.1, 0.15) is 4.88 Å². The van der Waals surface area contributed by atoms with Crippen molar-refractivity contribution in [2.45, 2.75) is 13.8 Å². The lowest BCUT2D eigenvalue weighted by Gasteiger charge is -2.11. The van der Waals surface area contributed by atoms with Crippen molar-refractivity contribution in [2.75, 3.05) is 19.0 Å². The number of carbonyl (C=O) groups is 1. The van der Waals surface area contributed by atoms with Crippen LogP contribution < -0.4 is 14.8 Å². The molecule has 0 saturated carbocycles. The number of anilines is 1. The Morgan fingerprint density at radius 1 is 1.40 bits per heavy atom. The molecule has 0 bridgehead atoms. The molecule has 0 radical (unpaired) electrons. The molecule has 2 aromatic rings. The number of aromatic nitrogens is 2. The minimum absolute atomic E-state index is 0.233. The SMILES string of the molecule is CCOc1ccc(NC(=O)c2snnc2C)cc1OC. The lowest BCUT2D eigenvalue weighted by molar-refractivity contribution is 0.103. The Labute approximate surface area is 120 Å². The monoisotopic (exact) mass is 293 g/mol. The lowest BCUT2D eigenvalue weighted by Crippen LogP contribution is -2.11. The van der Waals surface area contributed by atoms with Gasteiger partial charge in [-0.05, 0) is 37.5 Å². The van der Waals surface area contributed by atoms with Gasteiger partial charge < -0.3 is 14.8 Å². The summed E-state index contributed by atoms with van der Waals surface area (Å²) in [6.45, 7) is 4.19. The molecule has 0 saturated heterocycles. The van der Waals surface area contributed by atoms with Crippen LogP contribution in [0.25, 0.3) is 0 Å². The van der Waals surface area contributed by atoms with E-state index in [0.29, 0.717) is 34.4 Å². The van der Waals surface area contributed by atoms with Crippen LogP contribution in [0.4, 0.5) is 5.69 Å². The Hall–Kier alpha value is -2.15. The Bertz CT molecular complexity index is 613. The number of ether oxygens (including phenoxy) is 2. The van der Waals surface area contributed by atoms with Gasteiger partial charge in [-0.2, -0.15) is 0 Å². The van der Waals surface area contributed by atoms with Crippen LogP contribution in [0, 0.1) is 6.92 Å². The number of nitrogens with zero attached hydrogens (tertiary/aromatic N) is 2. The standard InChI is InChI=1S/C13H15N3O3S/c1-4-19-10-6-5-9(7-11(10)18-3)14-13(17)12-8(2)15-16-20-12/h5-7H,4H2,1-3H3,(H,14,17). The quantitative estimate of drug-likeness (QED) is 0.917. The second kappa shape index (κ2) is 6.33. The first-order valence-electron chi connectivity index (χ1n) is 6.06. The average Bonchev–Trinajstić information content (AvgIpc) is 2.87. The zero-order chi connectivity index (χ0) is 14.5. The second-order valence-corrected chi connectivity index (χ2v) is 4.69. The number of aryl methyl sites for hydroxylation is 1. The molecule has 1 N–H and O–H groups in total. The van der Waals surface area contributed by atoms with Crippen LogP contribution >= 0.6 is 11.5 Å². The first-order chi connectivity index (χ1) is 9.65. The number of amides is 1. The van der Waals surface area contributed by atoms with Crippen molar-refractivity contribution in [2.24, 2.45) is 0 Å². The number of hydrogen-bond donors (Lipinski definition) is 1. The molecule has 0 aliphatic carbocycles. The lowest BCUT2D eigenvalue weighted by atomic mass is 10.2. The molecule has 1 amide bonds. The summed E-state index contributed by atoms with van der Waals surface area (Å²) in [6, 6.07) is 5.23. The maximum absolute atomic E-state index is 12.1. The summed E-state index contributed by atoms with van der Waals surface area (Å²) >= 11 is 1.07. The molecular formula is C13H15N3O3S. The van der Waals surface area contributed by atoms with Gasteiger partial charge in [0.15, 0.2) is 11.5 Å². The average molecular weight is 293 g/mol. The van der Waals surface area contributed by atoms with Crippen LogP contribution in [-0.4, -0.2) is 29.2 Å². The first-order valence-corrected chi connectivity index (χ1v) is 6.84. The van der Waals surface area contributed by atoms with Gasteiger partial charge in [-0.3, -0.25) is 4.79 Å². The van der Waals surface area contributed by atoms with E-state index >= 15 is 0 Å². The van der Waals surface area contributed by atoms with Crippen molar-refractivity contribution in [3.05, 3.63) is 28.8 Å². The Morgan fingerprint density at radius 3 is 2.80 bits per heavy atom. The van der Waals surface area contributed by atoms with E-state index in [2.05, 4.69) is 14.9 Å². The molecule has 0 aliphatic rings. The van der Waals surface area contributed by atoms with Crippen molar-refractivity contribution in [1.82, 2.24) is 9.59 Å². The van der Waals surface area contributed by atoms with Crippen molar-refractivity contribution < 1.29 is 14.3 Å². The predicted octanol–water partition coefficient (Wildman–Crippen LogP) is 2.51. The molecule has 106 valence electrons. The fourth-order valence-electron chi connectivity index (χ4n) is 1.65. The minimum Gasteiger partial charge on any atom is -0.493 e. The first kappa shape index (κ1) is 14.3. The molecule has 1 heterocycles. The highest BCUT2D eigenvalue weighted by Gasteiger charge is 2.14. The van der Waals surface area contributed by atoms with Gasteiger partial charge in [0, 0.05) is 11.8 Å². The van der Waals surface area contributed by atoms with Crippen LogP contribution in [0.1, 0.15) is 22.3 Å². The van der Waals surface area contributed by atoms with Gasteiger partial charge in [0.05, 0.1) is 19.4 Å². The second-order valence-electron chi connectivity index (χ2n) is 3.94. The number of hydrogen-bond acceptors (Lipinski definition) is 6. The van der Waals surface area contributed by atoms with Gasteiger partial charge in [0.2, 0.25) is 0 Å². The minimum atomic E-state index is -0.233. The third-order valence-electron chi connectivity index (χ3n) is 2.58. The number of nitrogens with one attached hydrogen (secondary N) is 1. The van der Waals surface area contributed by atoms with E-state index in [0.717, 1.165) is 11.5 Å². The topological polar surface area (TPSA) is 73.3 Å². The van der Waals surface area contributed by atoms with Gasteiger partial charge >= 0.3 is 0 Å². The normalized spacial score (nSPS) is 10.2. The molecule has 1 aromatic heterocycles. The van der Waals surface area contributed by atoms with Gasteiger partial charge in [0.25, 0.3) is 5.91 Å². The smallest absolute Gasteiger partial charge is 0.269 e. The largest absolute Gasteiger partial charge is 0.493 e. The molecular weight excluding hydrogens is 278 g/mol. The Morgan fingerprint density at radius 2 is 2.20 bits per heavy atom. The molecule has 0 atom stereocenters. The Kier molecular flexibility index (Phi) is 4.52. The van der Waals surface area contributed by atoms with E-state index in [1.165, 1.54) is 0 Å². The van der Waals surface area contributed by atoms with Crippen LogP contribution in [0.15, 0.2) is 18.2 Å². The number of rotatable bonds is 5. The summed E-state index contributed by atoms with van der Waals surface area (Å²) in [5.41, 5.74) is 1.24. The van der Waals surface area contributed by atoms with Crippen molar-refractivity contribution >= 4 is 23.1 Å². The van der Waals surface area contributed by atoms with Crippen LogP contribution in [0.2, 0.25) is 0 Å². The third kappa shape index (κ3) is 3.05. The van der Waals surface area contributed by atoms with Gasteiger partial charge in [-0.15, -0.1) is 5.10 Å². The maximum Gasteiger partial charge on any atom is 0.269 e. The fraction of sp³-hybridized carbons (Fsp3) is 0.308. The molecule has 6 nitrogen and oxygen atoms in total. The summed E-state index contributed by atoms with van der Waals surface area (Å²) in [4.78, 5) is 12.6. The molecule has 20 heavy (non-hydrogen) atoms. The summed E-state index contributed by atoms with van der Waals surface area (Å²) in [7, 11) is 1.56. The number of carbonyl (C=O) groups excluding carboxylic acids is 1. The van der Waals surface area contributed by atoms with E-state index in [1.807, 2.05) is 6.92 Å². The summed E-state index contributed by atoms with van der Waals surface area (Å²) in [5, 5.41) is 6.60. The molecule has 1 aromatic carbocycles. The fourth-order valence-corrected chi connectivity index (χ4v) is 2.20. The molecule has 0 unspecified atom stereocenters. The highest BCUT2D eigenvalue weighted by molar-refractivity contribution is 7.08. The number of methoxy groups -OCH3 is 1. The van der Waals surface area contributed by atoms with Crippen molar-refractivity contribution in [1.29, 1.82) is 0 Å². The van der Waals surface area contributed by atoms with Crippen LogP contribution in [0.3, 0.4) is 0 Å². The van der Waals surface area contributed by atoms with E-state index in [-0.39, 0.29) is 5.91 Å². The third-order valence-corrected chi connectivity index (χ3v) is 3.41. The molecule has 2 rings (SSSR count). The van der Waals surface area contributed by atoms with Crippen LogP contribution in [-0.2, 0) is 0 Å². The highest BCUT2D eigenvalue weighted by Crippen LogP contribution is 2.30. The van der Waals surface area contributed by atoms with E-state index in [9.17, 15) is 4.79 Å².